The molecule has 0 aliphatic heterocycles. The maximum absolute atomic E-state index is 11.4. The summed E-state index contributed by atoms with van der Waals surface area (Å²) in [6.07, 6.45) is -0.0752. The number of allylic oxidation sites excluding steroid dienone is 1. The zero-order valence-electron chi connectivity index (χ0n) is 7.16. The number of nitrogens with two attached hydrogens (primary N) is 1. The van der Waals surface area contributed by atoms with E-state index in [1.54, 1.807) is 24.3 Å². The number of Topliss-reactive ketones (excluding diaryl/α,β-unsaturated/α-hetero) is 1. The highest BCUT2D eigenvalue weighted by molar-refractivity contribution is 6.01. The molecular weight excluding hydrogens is 166 g/mol. The van der Waals surface area contributed by atoms with Gasteiger partial charge in [0.05, 0.1) is 12.2 Å². The van der Waals surface area contributed by atoms with Crippen molar-refractivity contribution in [2.75, 3.05) is 5.73 Å². The van der Waals surface area contributed by atoms with E-state index in [1.165, 1.54) is 0 Å². The van der Waals surface area contributed by atoms with Crippen molar-refractivity contribution >= 4 is 11.5 Å². The van der Waals surface area contributed by atoms with Crippen LogP contribution in [0.5, 0.6) is 0 Å². The largest absolute Gasteiger partial charge is 0.512 e. The van der Waals surface area contributed by atoms with E-state index in [4.69, 9.17) is 10.8 Å². The van der Waals surface area contributed by atoms with E-state index in [0.29, 0.717) is 11.3 Å². The van der Waals surface area contributed by atoms with E-state index in [1.807, 2.05) is 0 Å². The van der Waals surface area contributed by atoms with Crippen molar-refractivity contribution in [2.45, 2.75) is 6.42 Å². The summed E-state index contributed by atoms with van der Waals surface area (Å²) in [7, 11) is 0. The van der Waals surface area contributed by atoms with Gasteiger partial charge in [0.2, 0.25) is 0 Å². The van der Waals surface area contributed by atoms with Crippen LogP contribution in [0.25, 0.3) is 0 Å². The summed E-state index contributed by atoms with van der Waals surface area (Å²) in [6.45, 7) is 3.24. The first-order valence-electron chi connectivity index (χ1n) is 3.85. The number of rotatable bonds is 3. The highest BCUT2D eigenvalue weighted by Gasteiger charge is 2.09. The Morgan fingerprint density at radius 3 is 2.62 bits per heavy atom. The van der Waals surface area contributed by atoms with Crippen molar-refractivity contribution in [3.05, 3.63) is 42.2 Å². The highest BCUT2D eigenvalue weighted by atomic mass is 16.3. The number of aliphatic hydroxyl groups excluding tert-OH is 1. The van der Waals surface area contributed by atoms with Gasteiger partial charge in [-0.3, -0.25) is 4.79 Å². The Morgan fingerprint density at radius 2 is 2.08 bits per heavy atom. The minimum atomic E-state index is -0.217. The van der Waals surface area contributed by atoms with Gasteiger partial charge in [0.25, 0.3) is 0 Å². The smallest absolute Gasteiger partial charge is 0.172 e. The Kier molecular flexibility index (Phi) is 2.69. The van der Waals surface area contributed by atoms with Crippen molar-refractivity contribution in [1.29, 1.82) is 0 Å². The second-order valence-corrected chi connectivity index (χ2v) is 2.75. The molecular formula is C10H11NO2. The molecule has 0 amide bonds. The van der Waals surface area contributed by atoms with Crippen molar-refractivity contribution in [2.24, 2.45) is 0 Å². The third-order valence-electron chi connectivity index (χ3n) is 1.63. The van der Waals surface area contributed by atoms with Gasteiger partial charge in [-0.05, 0) is 12.1 Å². The topological polar surface area (TPSA) is 63.3 Å². The maximum Gasteiger partial charge on any atom is 0.172 e. The van der Waals surface area contributed by atoms with Gasteiger partial charge in [-0.25, -0.2) is 0 Å². The van der Waals surface area contributed by atoms with Crippen LogP contribution in [-0.2, 0) is 0 Å². The molecule has 0 fully saturated rings. The summed E-state index contributed by atoms with van der Waals surface area (Å²) in [5.41, 5.74) is 6.42. The van der Waals surface area contributed by atoms with Crippen LogP contribution in [0.4, 0.5) is 5.69 Å². The molecule has 13 heavy (non-hydrogen) atoms. The molecule has 0 heterocycles. The number of aliphatic hydroxyl groups is 1. The Morgan fingerprint density at radius 1 is 1.46 bits per heavy atom. The number of carbonyl (C=O) groups excluding carboxylic acids is 1. The molecule has 68 valence electrons. The lowest BCUT2D eigenvalue weighted by Crippen LogP contribution is -2.04. The zero-order chi connectivity index (χ0) is 9.84. The molecule has 1 aromatic carbocycles. The third-order valence-corrected chi connectivity index (χ3v) is 1.63. The Bertz CT molecular complexity index is 345. The summed E-state index contributed by atoms with van der Waals surface area (Å²) < 4.78 is 0. The minimum Gasteiger partial charge on any atom is -0.512 e. The van der Waals surface area contributed by atoms with E-state index in [9.17, 15) is 4.79 Å². The normalized spacial score (nSPS) is 9.54. The van der Waals surface area contributed by atoms with E-state index in [0.717, 1.165) is 0 Å². The summed E-state index contributed by atoms with van der Waals surface area (Å²) in [6, 6.07) is 6.75. The lowest BCUT2D eigenvalue weighted by Gasteiger charge is -2.02. The van der Waals surface area contributed by atoms with Gasteiger partial charge in [-0.15, -0.1) is 0 Å². The molecule has 0 unspecified atom stereocenters. The predicted octanol–water partition coefficient (Wildman–Crippen LogP) is 1.91. The van der Waals surface area contributed by atoms with Crippen molar-refractivity contribution in [3.63, 3.8) is 0 Å². The third kappa shape index (κ3) is 2.33. The number of hydrogen-bond acceptors (Lipinski definition) is 3. The van der Waals surface area contributed by atoms with Gasteiger partial charge in [-0.1, -0.05) is 18.7 Å². The molecule has 0 radical (unpaired) electrons. The fourth-order valence-electron chi connectivity index (χ4n) is 1.03. The van der Waals surface area contributed by atoms with Crippen LogP contribution < -0.4 is 5.73 Å². The first kappa shape index (κ1) is 9.32. The fourth-order valence-corrected chi connectivity index (χ4v) is 1.03. The van der Waals surface area contributed by atoms with Crippen molar-refractivity contribution in [3.8, 4) is 0 Å². The van der Waals surface area contributed by atoms with E-state index in [-0.39, 0.29) is 18.0 Å². The molecule has 0 aliphatic rings. The number of ketones is 1. The van der Waals surface area contributed by atoms with E-state index in [2.05, 4.69) is 6.58 Å². The zero-order valence-corrected chi connectivity index (χ0v) is 7.16. The van der Waals surface area contributed by atoms with Gasteiger partial charge in [0, 0.05) is 11.3 Å². The van der Waals surface area contributed by atoms with Crippen molar-refractivity contribution < 1.29 is 9.90 Å². The van der Waals surface area contributed by atoms with Crippen LogP contribution in [0.2, 0.25) is 0 Å². The quantitative estimate of drug-likeness (QED) is 0.421. The minimum absolute atomic E-state index is 0.0752. The van der Waals surface area contributed by atoms with Gasteiger partial charge in [0.1, 0.15) is 0 Å². The van der Waals surface area contributed by atoms with Gasteiger partial charge in [-0.2, -0.15) is 0 Å². The molecule has 0 saturated heterocycles. The molecule has 0 bridgehead atoms. The number of para-hydroxylation sites is 1. The van der Waals surface area contributed by atoms with Crippen LogP contribution in [0, 0.1) is 0 Å². The van der Waals surface area contributed by atoms with Crippen LogP contribution in [0.1, 0.15) is 16.8 Å². The second-order valence-electron chi connectivity index (χ2n) is 2.75. The molecule has 1 aromatic rings. The Hall–Kier alpha value is -1.77. The number of anilines is 1. The average molecular weight is 177 g/mol. The van der Waals surface area contributed by atoms with Gasteiger partial charge in [0.15, 0.2) is 5.78 Å². The van der Waals surface area contributed by atoms with Crippen LogP contribution >= 0.6 is 0 Å². The molecule has 3 N–H and O–H groups in total. The molecule has 1 rings (SSSR count). The lowest BCUT2D eigenvalue weighted by molar-refractivity contribution is 0.0981. The van der Waals surface area contributed by atoms with Crippen LogP contribution in [-0.4, -0.2) is 10.9 Å². The number of carbonyl (C=O) groups is 1. The Labute approximate surface area is 76.5 Å². The predicted molar refractivity (Wildman–Crippen MR) is 51.6 cm³/mol. The molecule has 0 spiro atoms. The van der Waals surface area contributed by atoms with Crippen LogP contribution in [0.3, 0.4) is 0 Å². The standard InChI is InChI=1S/C10H11NO2/c1-7(12)6-10(13)8-4-2-3-5-9(8)11/h2-5,12H,1,6,11H2. The maximum atomic E-state index is 11.4. The first-order valence-corrected chi connectivity index (χ1v) is 3.85. The average Bonchev–Trinajstić information content (AvgIpc) is 2.03. The monoisotopic (exact) mass is 177 g/mol. The molecule has 0 saturated carbocycles. The second kappa shape index (κ2) is 3.76. The van der Waals surface area contributed by atoms with Gasteiger partial charge < -0.3 is 10.8 Å². The molecule has 0 atom stereocenters. The first-order chi connectivity index (χ1) is 6.11. The molecule has 0 aromatic heterocycles. The van der Waals surface area contributed by atoms with Crippen molar-refractivity contribution in [1.82, 2.24) is 0 Å². The number of nitrogen functional groups attached to an aromatic ring is 1. The Balaban J connectivity index is 2.89. The fraction of sp³-hybridized carbons (Fsp3) is 0.100. The lowest BCUT2D eigenvalue weighted by atomic mass is 10.1. The van der Waals surface area contributed by atoms with Crippen LogP contribution in [0.15, 0.2) is 36.6 Å². The molecule has 3 nitrogen and oxygen atoms in total. The highest BCUT2D eigenvalue weighted by Crippen LogP contribution is 2.14. The summed E-state index contributed by atoms with van der Waals surface area (Å²) in [5.74, 6) is -0.362. The molecule has 3 heteroatoms. The summed E-state index contributed by atoms with van der Waals surface area (Å²) in [4.78, 5) is 11.4. The molecule has 0 aliphatic carbocycles. The van der Waals surface area contributed by atoms with Gasteiger partial charge >= 0.3 is 0 Å². The summed E-state index contributed by atoms with van der Waals surface area (Å²) in [5, 5.41) is 8.82. The van der Waals surface area contributed by atoms with E-state index >= 15 is 0 Å². The van der Waals surface area contributed by atoms with E-state index < -0.39 is 0 Å². The summed E-state index contributed by atoms with van der Waals surface area (Å²) >= 11 is 0. The SMILES string of the molecule is C=C(O)CC(=O)c1ccccc1N. The number of hydrogen-bond donors (Lipinski definition) is 2. The number of benzene rings is 1.